The second-order valence-corrected chi connectivity index (χ2v) is 4.28. The molecule has 8 heteroatoms. The van der Waals surface area contributed by atoms with Crippen molar-refractivity contribution in [1.29, 1.82) is 0 Å². The third kappa shape index (κ3) is 3.04. The molecule has 0 unspecified atom stereocenters. The minimum Gasteiger partial charge on any atom is -0.308 e. The second kappa shape index (κ2) is 4.46. The number of thiophene rings is 1. The Hall–Kier alpha value is -1.41. The molecule has 0 saturated heterocycles. The number of aromatic amines is 1. The number of fused-ring (bicyclic) bond motifs is 1. The van der Waals surface area contributed by atoms with Crippen molar-refractivity contribution in [2.45, 2.75) is 12.7 Å². The highest BCUT2D eigenvalue weighted by molar-refractivity contribution is 7.17. The van der Waals surface area contributed by atoms with Gasteiger partial charge >= 0.3 is 6.18 Å². The van der Waals surface area contributed by atoms with Gasteiger partial charge in [-0.15, -0.1) is 11.3 Å². The number of aromatic nitrogens is 2. The van der Waals surface area contributed by atoms with Gasteiger partial charge in [-0.3, -0.25) is 4.79 Å². The third-order valence-electron chi connectivity index (χ3n) is 1.98. The molecule has 2 N–H and O–H groups in total. The fourth-order valence-electron chi connectivity index (χ4n) is 1.33. The first-order chi connectivity index (χ1) is 7.96. The van der Waals surface area contributed by atoms with Crippen molar-refractivity contribution in [3.8, 4) is 0 Å². The van der Waals surface area contributed by atoms with Crippen LogP contribution in [0.3, 0.4) is 0 Å². The molecule has 0 aliphatic carbocycles. The molecule has 0 aliphatic heterocycles. The summed E-state index contributed by atoms with van der Waals surface area (Å²) in [5, 5.41) is 3.88. The Morgan fingerprint density at radius 1 is 1.47 bits per heavy atom. The van der Waals surface area contributed by atoms with Crippen molar-refractivity contribution >= 4 is 21.6 Å². The van der Waals surface area contributed by atoms with E-state index >= 15 is 0 Å². The van der Waals surface area contributed by atoms with Gasteiger partial charge in [0.15, 0.2) is 0 Å². The Bertz CT molecular complexity index is 575. The van der Waals surface area contributed by atoms with E-state index < -0.39 is 12.7 Å². The Morgan fingerprint density at radius 3 is 2.94 bits per heavy atom. The molecule has 0 aliphatic rings. The Balaban J connectivity index is 2.11. The molecule has 0 bridgehead atoms. The number of rotatable bonds is 3. The minimum atomic E-state index is -4.27. The summed E-state index contributed by atoms with van der Waals surface area (Å²) in [5.74, 6) is 0.199. The molecule has 0 radical (unpaired) electrons. The molecule has 17 heavy (non-hydrogen) atoms. The SMILES string of the molecule is O=c1[nH]c(CNCC(F)(F)F)nc2ccsc12. The van der Waals surface area contributed by atoms with Crippen LogP contribution in [0.15, 0.2) is 16.2 Å². The maximum atomic E-state index is 11.9. The molecule has 0 saturated carbocycles. The number of hydrogen-bond acceptors (Lipinski definition) is 4. The largest absolute Gasteiger partial charge is 0.401 e. The monoisotopic (exact) mass is 263 g/mol. The fraction of sp³-hybridized carbons (Fsp3) is 0.333. The van der Waals surface area contributed by atoms with Crippen molar-refractivity contribution < 1.29 is 13.2 Å². The standard InChI is InChI=1S/C9H8F3N3OS/c10-9(11,12)4-13-3-6-14-5-1-2-17-7(5)8(16)15-6/h1-2,13H,3-4H2,(H,14,15,16). The van der Waals surface area contributed by atoms with Crippen LogP contribution in [-0.2, 0) is 6.54 Å². The van der Waals surface area contributed by atoms with Crippen LogP contribution in [0.5, 0.6) is 0 Å². The summed E-state index contributed by atoms with van der Waals surface area (Å²) >= 11 is 1.24. The molecular formula is C9H8F3N3OS. The predicted octanol–water partition coefficient (Wildman–Crippen LogP) is 1.64. The van der Waals surface area contributed by atoms with Crippen LogP contribution in [0.2, 0.25) is 0 Å². The highest BCUT2D eigenvalue weighted by atomic mass is 32.1. The summed E-state index contributed by atoms with van der Waals surface area (Å²) in [6.07, 6.45) is -4.27. The van der Waals surface area contributed by atoms with Crippen molar-refractivity contribution in [2.75, 3.05) is 6.54 Å². The van der Waals surface area contributed by atoms with Crippen LogP contribution in [0.4, 0.5) is 13.2 Å². The number of alkyl halides is 3. The lowest BCUT2D eigenvalue weighted by Crippen LogP contribution is -2.29. The lowest BCUT2D eigenvalue weighted by Gasteiger charge is -2.07. The molecule has 0 atom stereocenters. The van der Waals surface area contributed by atoms with E-state index in [4.69, 9.17) is 0 Å². The van der Waals surface area contributed by atoms with Crippen molar-refractivity contribution in [2.24, 2.45) is 0 Å². The Kier molecular flexibility index (Phi) is 3.16. The lowest BCUT2D eigenvalue weighted by molar-refractivity contribution is -0.125. The fourth-order valence-corrected chi connectivity index (χ4v) is 2.05. The van der Waals surface area contributed by atoms with Crippen LogP contribution in [0.1, 0.15) is 5.82 Å². The first-order valence-corrected chi connectivity index (χ1v) is 5.57. The van der Waals surface area contributed by atoms with Gasteiger partial charge in [0.1, 0.15) is 10.5 Å². The molecule has 2 rings (SSSR count). The van der Waals surface area contributed by atoms with E-state index in [9.17, 15) is 18.0 Å². The van der Waals surface area contributed by atoms with Gasteiger partial charge in [-0.2, -0.15) is 13.2 Å². The number of hydrogen-bond donors (Lipinski definition) is 2. The molecular weight excluding hydrogens is 255 g/mol. The van der Waals surface area contributed by atoms with E-state index in [-0.39, 0.29) is 17.9 Å². The van der Waals surface area contributed by atoms with Crippen LogP contribution in [0, 0.1) is 0 Å². The zero-order valence-corrected chi connectivity index (χ0v) is 9.28. The van der Waals surface area contributed by atoms with Crippen LogP contribution in [0.25, 0.3) is 10.2 Å². The van der Waals surface area contributed by atoms with Crippen molar-refractivity contribution in [3.63, 3.8) is 0 Å². The summed E-state index contributed by atoms with van der Waals surface area (Å²) in [4.78, 5) is 18.0. The van der Waals surface area contributed by atoms with Gasteiger partial charge in [-0.25, -0.2) is 4.98 Å². The van der Waals surface area contributed by atoms with Gasteiger partial charge in [-0.1, -0.05) is 0 Å². The molecule has 0 fully saturated rings. The maximum absolute atomic E-state index is 11.9. The number of halogens is 3. The van der Waals surface area contributed by atoms with Crippen molar-refractivity contribution in [3.05, 3.63) is 27.6 Å². The molecule has 0 aromatic carbocycles. The van der Waals surface area contributed by atoms with Gasteiger partial charge in [-0.05, 0) is 11.4 Å². The average Bonchev–Trinajstić information content (AvgIpc) is 2.64. The third-order valence-corrected chi connectivity index (χ3v) is 2.88. The summed E-state index contributed by atoms with van der Waals surface area (Å²) < 4.78 is 36.1. The molecule has 0 spiro atoms. The minimum absolute atomic E-state index is 0.124. The van der Waals surface area contributed by atoms with Crippen LogP contribution < -0.4 is 10.9 Å². The predicted molar refractivity (Wildman–Crippen MR) is 58.0 cm³/mol. The molecule has 2 heterocycles. The molecule has 92 valence electrons. The van der Waals surface area contributed by atoms with Crippen LogP contribution >= 0.6 is 11.3 Å². The van der Waals surface area contributed by atoms with Crippen LogP contribution in [-0.4, -0.2) is 22.7 Å². The molecule has 2 aromatic heterocycles. The van der Waals surface area contributed by atoms with Gasteiger partial charge < -0.3 is 10.3 Å². The average molecular weight is 263 g/mol. The Morgan fingerprint density at radius 2 is 2.24 bits per heavy atom. The first-order valence-electron chi connectivity index (χ1n) is 4.69. The zero-order valence-electron chi connectivity index (χ0n) is 8.47. The van der Waals surface area contributed by atoms with Gasteiger partial charge in [0.2, 0.25) is 0 Å². The summed E-state index contributed by atoms with van der Waals surface area (Å²) in [7, 11) is 0. The van der Waals surface area contributed by atoms with Gasteiger partial charge in [0.05, 0.1) is 18.6 Å². The number of nitrogens with one attached hydrogen (secondary N) is 2. The molecule has 4 nitrogen and oxygen atoms in total. The summed E-state index contributed by atoms with van der Waals surface area (Å²) in [5.41, 5.74) is 0.177. The first kappa shape index (κ1) is 12.1. The number of nitrogens with zero attached hydrogens (tertiary/aromatic N) is 1. The normalized spacial score (nSPS) is 12.2. The topological polar surface area (TPSA) is 57.8 Å². The number of H-pyrrole nitrogens is 1. The Labute approximate surface area is 97.5 Å². The van der Waals surface area contributed by atoms with E-state index in [0.29, 0.717) is 10.2 Å². The van der Waals surface area contributed by atoms with E-state index in [1.807, 2.05) is 0 Å². The lowest BCUT2D eigenvalue weighted by atomic mass is 10.4. The maximum Gasteiger partial charge on any atom is 0.401 e. The molecule has 0 amide bonds. The van der Waals surface area contributed by atoms with Gasteiger partial charge in [0, 0.05) is 0 Å². The second-order valence-electron chi connectivity index (χ2n) is 3.37. The molecule has 2 aromatic rings. The zero-order chi connectivity index (χ0) is 12.5. The van der Waals surface area contributed by atoms with E-state index in [2.05, 4.69) is 15.3 Å². The van der Waals surface area contributed by atoms with E-state index in [0.717, 1.165) is 0 Å². The highest BCUT2D eigenvalue weighted by Crippen LogP contribution is 2.14. The van der Waals surface area contributed by atoms with E-state index in [1.54, 1.807) is 11.4 Å². The summed E-state index contributed by atoms with van der Waals surface area (Å²) in [6.45, 7) is -1.24. The summed E-state index contributed by atoms with van der Waals surface area (Å²) in [6, 6.07) is 1.66. The smallest absolute Gasteiger partial charge is 0.308 e. The highest BCUT2D eigenvalue weighted by Gasteiger charge is 2.26. The van der Waals surface area contributed by atoms with E-state index in [1.165, 1.54) is 11.3 Å². The van der Waals surface area contributed by atoms with Crippen molar-refractivity contribution in [1.82, 2.24) is 15.3 Å². The van der Waals surface area contributed by atoms with Gasteiger partial charge in [0.25, 0.3) is 5.56 Å². The quantitative estimate of drug-likeness (QED) is 0.885.